The van der Waals surface area contributed by atoms with Crippen LogP contribution >= 0.6 is 0 Å². The summed E-state index contributed by atoms with van der Waals surface area (Å²) in [5, 5.41) is 0. The van der Waals surface area contributed by atoms with Crippen molar-refractivity contribution in [3.8, 4) is 11.5 Å². The zero-order chi connectivity index (χ0) is 17.9. The van der Waals surface area contributed by atoms with Gasteiger partial charge in [-0.25, -0.2) is 0 Å². The van der Waals surface area contributed by atoms with Crippen LogP contribution in [0.5, 0.6) is 11.5 Å². The quantitative estimate of drug-likeness (QED) is 0.614. The van der Waals surface area contributed by atoms with Gasteiger partial charge in [0.2, 0.25) is 0 Å². The Bertz CT molecular complexity index is 513. The summed E-state index contributed by atoms with van der Waals surface area (Å²) in [7, 11) is 0. The van der Waals surface area contributed by atoms with Gasteiger partial charge in [0.1, 0.15) is 11.5 Å². The molecule has 134 valence electrons. The highest BCUT2D eigenvalue weighted by atomic mass is 16.5. The lowest BCUT2D eigenvalue weighted by atomic mass is 10.2. The molecule has 1 amide bonds. The van der Waals surface area contributed by atoms with Gasteiger partial charge in [0, 0.05) is 12.6 Å². The predicted octanol–water partition coefficient (Wildman–Crippen LogP) is 2.65. The zero-order valence-corrected chi connectivity index (χ0v) is 14.9. The van der Waals surface area contributed by atoms with Crippen molar-refractivity contribution in [1.29, 1.82) is 0 Å². The molecule has 0 unspecified atom stereocenters. The fraction of sp³-hybridized carbons (Fsp3) is 0.556. The van der Waals surface area contributed by atoms with Crippen LogP contribution in [0.25, 0.3) is 0 Å². The summed E-state index contributed by atoms with van der Waals surface area (Å²) in [4.78, 5) is 25.4. The second kappa shape index (κ2) is 10.5. The van der Waals surface area contributed by atoms with E-state index >= 15 is 0 Å². The SMILES string of the molecule is CCOC(=O)CCN(C(=O)COc1ccc(OCC)cc1)C(C)C. The molecule has 0 bridgehead atoms. The molecule has 0 aliphatic rings. The van der Waals surface area contributed by atoms with E-state index in [0.717, 1.165) is 5.75 Å². The number of esters is 1. The monoisotopic (exact) mass is 337 g/mol. The molecular formula is C18H27NO5. The molecule has 1 aromatic carbocycles. The molecule has 6 heteroatoms. The largest absolute Gasteiger partial charge is 0.494 e. The van der Waals surface area contributed by atoms with Gasteiger partial charge < -0.3 is 19.1 Å². The molecule has 0 aliphatic carbocycles. The van der Waals surface area contributed by atoms with E-state index in [4.69, 9.17) is 14.2 Å². The first-order valence-corrected chi connectivity index (χ1v) is 8.28. The third-order valence-corrected chi connectivity index (χ3v) is 3.30. The number of ether oxygens (including phenoxy) is 3. The average Bonchev–Trinajstić information content (AvgIpc) is 2.54. The van der Waals surface area contributed by atoms with E-state index in [2.05, 4.69) is 0 Å². The van der Waals surface area contributed by atoms with E-state index in [1.165, 1.54) is 0 Å². The summed E-state index contributed by atoms with van der Waals surface area (Å²) in [6, 6.07) is 7.10. The fourth-order valence-corrected chi connectivity index (χ4v) is 2.14. The van der Waals surface area contributed by atoms with Crippen LogP contribution < -0.4 is 9.47 Å². The van der Waals surface area contributed by atoms with Crippen LogP contribution in [0.2, 0.25) is 0 Å². The molecule has 0 aliphatic heterocycles. The highest BCUT2D eigenvalue weighted by Crippen LogP contribution is 2.17. The Hall–Kier alpha value is -2.24. The van der Waals surface area contributed by atoms with Crippen molar-refractivity contribution < 1.29 is 23.8 Å². The maximum atomic E-state index is 12.3. The summed E-state index contributed by atoms with van der Waals surface area (Å²) >= 11 is 0. The van der Waals surface area contributed by atoms with Crippen LogP contribution in [0.4, 0.5) is 0 Å². The average molecular weight is 337 g/mol. The lowest BCUT2D eigenvalue weighted by Crippen LogP contribution is -2.41. The van der Waals surface area contributed by atoms with E-state index in [-0.39, 0.29) is 30.9 Å². The Morgan fingerprint density at radius 2 is 1.58 bits per heavy atom. The van der Waals surface area contributed by atoms with E-state index in [9.17, 15) is 9.59 Å². The Kier molecular flexibility index (Phi) is 8.68. The minimum atomic E-state index is -0.302. The predicted molar refractivity (Wildman–Crippen MR) is 91.2 cm³/mol. The molecule has 6 nitrogen and oxygen atoms in total. The first kappa shape index (κ1) is 19.8. The Labute approximate surface area is 143 Å². The maximum Gasteiger partial charge on any atom is 0.307 e. The molecule has 0 spiro atoms. The number of carbonyl (C=O) groups is 2. The summed E-state index contributed by atoms with van der Waals surface area (Å²) in [5.74, 6) is 0.891. The van der Waals surface area contributed by atoms with Gasteiger partial charge in [-0.05, 0) is 52.0 Å². The van der Waals surface area contributed by atoms with Gasteiger partial charge in [-0.3, -0.25) is 9.59 Å². The van der Waals surface area contributed by atoms with Crippen LogP contribution in [0, 0.1) is 0 Å². The van der Waals surface area contributed by atoms with Crippen molar-refractivity contribution in [2.24, 2.45) is 0 Å². The van der Waals surface area contributed by atoms with Gasteiger partial charge in [0.15, 0.2) is 6.61 Å². The third-order valence-electron chi connectivity index (χ3n) is 3.30. The van der Waals surface area contributed by atoms with Gasteiger partial charge in [-0.15, -0.1) is 0 Å². The van der Waals surface area contributed by atoms with E-state index in [0.29, 0.717) is 25.5 Å². The molecule has 0 saturated heterocycles. The molecule has 0 saturated carbocycles. The molecule has 0 fully saturated rings. The normalized spacial score (nSPS) is 10.4. The molecule has 24 heavy (non-hydrogen) atoms. The summed E-state index contributed by atoms with van der Waals surface area (Å²) in [6.07, 6.45) is 0.181. The lowest BCUT2D eigenvalue weighted by molar-refractivity contribution is -0.144. The Balaban J connectivity index is 2.51. The summed E-state index contributed by atoms with van der Waals surface area (Å²) in [5.41, 5.74) is 0. The number of nitrogens with zero attached hydrogens (tertiary/aromatic N) is 1. The van der Waals surface area contributed by atoms with Crippen molar-refractivity contribution in [1.82, 2.24) is 4.90 Å². The van der Waals surface area contributed by atoms with Crippen molar-refractivity contribution >= 4 is 11.9 Å². The van der Waals surface area contributed by atoms with Crippen molar-refractivity contribution in [3.05, 3.63) is 24.3 Å². The summed E-state index contributed by atoms with van der Waals surface area (Å²) in [6.45, 7) is 8.67. The number of hydrogen-bond donors (Lipinski definition) is 0. The van der Waals surface area contributed by atoms with Gasteiger partial charge in [0.25, 0.3) is 5.91 Å². The smallest absolute Gasteiger partial charge is 0.307 e. The van der Waals surface area contributed by atoms with Crippen LogP contribution in [0.15, 0.2) is 24.3 Å². The van der Waals surface area contributed by atoms with Crippen LogP contribution in [0.3, 0.4) is 0 Å². The fourth-order valence-electron chi connectivity index (χ4n) is 2.14. The molecule has 0 heterocycles. The van der Waals surface area contributed by atoms with Gasteiger partial charge >= 0.3 is 5.97 Å². The minimum Gasteiger partial charge on any atom is -0.494 e. The topological polar surface area (TPSA) is 65.1 Å². The van der Waals surface area contributed by atoms with E-state index in [1.54, 1.807) is 36.1 Å². The van der Waals surface area contributed by atoms with Crippen molar-refractivity contribution in [2.75, 3.05) is 26.4 Å². The van der Waals surface area contributed by atoms with Crippen LogP contribution in [-0.4, -0.2) is 49.2 Å². The van der Waals surface area contributed by atoms with Crippen molar-refractivity contribution in [3.63, 3.8) is 0 Å². The Morgan fingerprint density at radius 3 is 2.08 bits per heavy atom. The first-order valence-electron chi connectivity index (χ1n) is 8.28. The van der Waals surface area contributed by atoms with Gasteiger partial charge in [-0.2, -0.15) is 0 Å². The zero-order valence-electron chi connectivity index (χ0n) is 14.9. The second-order valence-corrected chi connectivity index (χ2v) is 5.43. The number of carbonyl (C=O) groups excluding carboxylic acids is 2. The standard InChI is InChI=1S/C18H27NO5/c1-5-22-15-7-9-16(10-8-15)24-13-17(20)19(14(3)4)12-11-18(21)23-6-2/h7-10,14H,5-6,11-13H2,1-4H3. The maximum absolute atomic E-state index is 12.3. The molecule has 0 aromatic heterocycles. The lowest BCUT2D eigenvalue weighted by Gasteiger charge is -2.26. The molecule has 1 rings (SSSR count). The molecule has 0 radical (unpaired) electrons. The summed E-state index contributed by atoms with van der Waals surface area (Å²) < 4.78 is 15.8. The van der Waals surface area contributed by atoms with Gasteiger partial charge in [-0.1, -0.05) is 0 Å². The molecular weight excluding hydrogens is 310 g/mol. The number of rotatable bonds is 10. The second-order valence-electron chi connectivity index (χ2n) is 5.43. The van der Waals surface area contributed by atoms with E-state index < -0.39 is 0 Å². The number of benzene rings is 1. The minimum absolute atomic E-state index is 0.0177. The Morgan fingerprint density at radius 1 is 1.00 bits per heavy atom. The highest BCUT2D eigenvalue weighted by Gasteiger charge is 2.19. The van der Waals surface area contributed by atoms with Crippen LogP contribution in [0.1, 0.15) is 34.1 Å². The van der Waals surface area contributed by atoms with Crippen LogP contribution in [-0.2, 0) is 14.3 Å². The first-order chi connectivity index (χ1) is 11.5. The molecule has 0 N–H and O–H groups in total. The van der Waals surface area contributed by atoms with Gasteiger partial charge in [0.05, 0.1) is 19.6 Å². The number of amides is 1. The third kappa shape index (κ3) is 6.89. The highest BCUT2D eigenvalue weighted by molar-refractivity contribution is 5.79. The number of hydrogen-bond acceptors (Lipinski definition) is 5. The van der Waals surface area contributed by atoms with E-state index in [1.807, 2.05) is 20.8 Å². The van der Waals surface area contributed by atoms with Crippen molar-refractivity contribution in [2.45, 2.75) is 40.2 Å². The molecule has 0 atom stereocenters. The molecule has 1 aromatic rings.